The van der Waals surface area contributed by atoms with E-state index in [0.717, 1.165) is 51.2 Å². The van der Waals surface area contributed by atoms with Crippen molar-refractivity contribution in [1.82, 2.24) is 27.3 Å². The van der Waals surface area contributed by atoms with Crippen LogP contribution in [0.4, 0.5) is 11.6 Å². The van der Waals surface area contributed by atoms with E-state index in [9.17, 15) is 57.5 Å². The summed E-state index contributed by atoms with van der Waals surface area (Å²) in [5.74, 6) is -8.44. The Morgan fingerprint density at radius 2 is 0.722 bits per heavy atom. The van der Waals surface area contributed by atoms with Gasteiger partial charge in [-0.15, -0.1) is 8.75 Å². The molecule has 0 saturated carbocycles. The normalized spacial score (nSPS) is 15.1. The molecule has 2 fully saturated rings. The molecule has 2 saturated heterocycles. The number of ether oxygens (including phenoxy) is 14. The van der Waals surface area contributed by atoms with Crippen LogP contribution in [0.2, 0.25) is 0 Å². The second-order valence-electron chi connectivity index (χ2n) is 21.6. The van der Waals surface area contributed by atoms with Crippen molar-refractivity contribution in [3.63, 3.8) is 0 Å². The second kappa shape index (κ2) is 37.1. The number of nitrogens with zero attached hydrogens (tertiary/aromatic N) is 8. The first kappa shape index (κ1) is 76.1. The number of hydrogen-bond donors (Lipinski definition) is 0. The maximum absolute atomic E-state index is 13.2. The Hall–Kier alpha value is -8.12. The van der Waals surface area contributed by atoms with Crippen LogP contribution in [0.3, 0.4) is 0 Å². The largest absolute Gasteiger partial charge is 0.470 e. The summed E-state index contributed by atoms with van der Waals surface area (Å²) in [7, 11) is 0. The summed E-state index contributed by atoms with van der Waals surface area (Å²) in [6.07, 6.45) is -7.19. The second-order valence-corrected chi connectivity index (χ2v) is 22.7. The van der Waals surface area contributed by atoms with Crippen molar-refractivity contribution in [2.24, 2.45) is 0 Å². The molecule has 2 amide bonds. The highest BCUT2D eigenvalue weighted by Crippen LogP contribution is 2.29. The van der Waals surface area contributed by atoms with Crippen LogP contribution in [0.1, 0.15) is 96.9 Å². The van der Waals surface area contributed by atoms with Crippen molar-refractivity contribution in [3.05, 3.63) is 0 Å². The molecule has 2 aromatic rings. The summed E-state index contributed by atoms with van der Waals surface area (Å²) >= 11 is 1.86. The third kappa shape index (κ3) is 27.7. The highest BCUT2D eigenvalue weighted by atomic mass is 32.1. The monoisotopic (exact) mass is 1320 g/mol. The molecule has 0 aliphatic carbocycles. The summed E-state index contributed by atoms with van der Waals surface area (Å²) in [6.45, 7) is 20.2. The maximum Gasteiger partial charge on any atom is 0.347 e. The molecule has 0 aromatic carbocycles. The minimum atomic E-state index is -1.24. The number of morpholine rings is 2. The van der Waals surface area contributed by atoms with Crippen molar-refractivity contribution in [1.29, 1.82) is 0 Å². The predicted molar refractivity (Wildman–Crippen MR) is 308 cm³/mol. The minimum Gasteiger partial charge on any atom is -0.470 e. The van der Waals surface area contributed by atoms with Gasteiger partial charge >= 0.3 is 59.7 Å². The molecule has 0 bridgehead atoms. The van der Waals surface area contributed by atoms with Crippen LogP contribution in [0.25, 0.3) is 0 Å². The number of carbonyl (C=O) groups excluding carboxylic acids is 12. The topological polar surface area (TPSA) is 399 Å². The Bertz CT molecular complexity index is 2570. The van der Waals surface area contributed by atoms with E-state index in [4.69, 9.17) is 66.3 Å². The average molecular weight is 1320 g/mol. The summed E-state index contributed by atoms with van der Waals surface area (Å²) in [5, 5.41) is 0. The van der Waals surface area contributed by atoms with Gasteiger partial charge in [0.1, 0.15) is 13.2 Å². The molecule has 4 rings (SSSR count). The van der Waals surface area contributed by atoms with Crippen molar-refractivity contribution in [3.8, 4) is 11.8 Å². The maximum atomic E-state index is 13.2. The summed E-state index contributed by atoms with van der Waals surface area (Å²) in [6, 6.07) is 0. The van der Waals surface area contributed by atoms with Gasteiger partial charge in [0, 0.05) is 65.0 Å². The molecule has 4 heterocycles. The number of esters is 10. The zero-order valence-electron chi connectivity index (χ0n) is 52.8. The molecule has 504 valence electrons. The fourth-order valence-corrected chi connectivity index (χ4v) is 8.79. The lowest BCUT2D eigenvalue weighted by Crippen LogP contribution is -2.52. The van der Waals surface area contributed by atoms with Crippen LogP contribution < -0.4 is 19.3 Å². The van der Waals surface area contributed by atoms with E-state index in [1.165, 1.54) is 37.5 Å². The van der Waals surface area contributed by atoms with Crippen LogP contribution in [-0.4, -0.2) is 252 Å². The molecular weight excluding hydrogens is 1240 g/mol. The number of aromatic nitrogens is 4. The Morgan fingerprint density at radius 3 is 0.989 bits per heavy atom. The first-order valence-corrected chi connectivity index (χ1v) is 29.5. The number of hydrogen-bond acceptors (Lipinski definition) is 34. The molecule has 0 radical (unpaired) electrons. The zero-order chi connectivity index (χ0) is 67.5. The number of carbonyl (C=O) groups is 12. The molecular formula is C54H80N8O26S2. The Morgan fingerprint density at radius 1 is 0.444 bits per heavy atom. The first-order chi connectivity index (χ1) is 42.2. The SMILES string of the molecule is CC(=O)OC(C)C(=O)OCC(=O)O[C@H](COc1nsnc1N1CCOCC1)CN(C(=O)COC(=O)C(C)OC(C)=O)C(C)(C)C.CC(=O)OC(C)C(=O)OCC(=O)O[C@H](COc1nsnc1N1CCOCC1)CN(C(=O)COC(=O)C(C)OC(C)=O)C(C)(C)C. The number of anilines is 2. The molecule has 0 N–H and O–H groups in total. The molecule has 6 atom stereocenters. The molecule has 2 aromatic heterocycles. The van der Waals surface area contributed by atoms with Gasteiger partial charge in [-0.1, -0.05) is 0 Å². The van der Waals surface area contributed by atoms with E-state index in [1.807, 2.05) is 9.80 Å². The zero-order valence-corrected chi connectivity index (χ0v) is 54.4. The minimum absolute atomic E-state index is 0.187. The predicted octanol–water partition coefficient (Wildman–Crippen LogP) is 0.564. The van der Waals surface area contributed by atoms with Crippen molar-refractivity contribution in [2.75, 3.05) is 115 Å². The number of rotatable bonds is 30. The van der Waals surface area contributed by atoms with Gasteiger partial charge in [0.25, 0.3) is 23.6 Å². The summed E-state index contributed by atoms with van der Waals surface area (Å²) in [5.41, 5.74) is -1.72. The summed E-state index contributed by atoms with van der Waals surface area (Å²) < 4.78 is 89.6. The quantitative estimate of drug-likeness (QED) is 0.0762. The fraction of sp³-hybridized carbons (Fsp3) is 0.704. The third-order valence-corrected chi connectivity index (χ3v) is 13.0. The van der Waals surface area contributed by atoms with E-state index < -0.39 is 146 Å². The lowest BCUT2D eigenvalue weighted by molar-refractivity contribution is -0.174. The van der Waals surface area contributed by atoms with Gasteiger partial charge in [0.15, 0.2) is 63.1 Å². The Labute approximate surface area is 527 Å². The lowest BCUT2D eigenvalue weighted by atomic mass is 10.1. The van der Waals surface area contributed by atoms with Gasteiger partial charge in [-0.25, -0.2) is 28.8 Å². The van der Waals surface area contributed by atoms with Gasteiger partial charge in [-0.05, 0) is 69.2 Å². The molecule has 90 heavy (non-hydrogen) atoms. The van der Waals surface area contributed by atoms with E-state index in [0.29, 0.717) is 64.2 Å². The number of amides is 2. The average Bonchev–Trinajstić information content (AvgIpc) is 4.32. The highest BCUT2D eigenvalue weighted by Gasteiger charge is 2.36. The molecule has 2 aliphatic rings. The fourth-order valence-electron chi connectivity index (χ4n) is 7.75. The standard InChI is InChI=1S/2C27H40N4O13S/c2*1-16(42-18(3)32)25(36)40-14-21(34)31(27(5,6)7)12-20(44-22(35)15-41-26(37)17(2)43-19(4)33)13-39-24-23(28-45-29-24)30-8-10-38-11-9-30/h2*16-17,20H,8-15H2,1-7H3/t2*16?,17?,20-/m00/s1. The van der Waals surface area contributed by atoms with Crippen LogP contribution in [0, 0.1) is 0 Å². The van der Waals surface area contributed by atoms with Crippen LogP contribution >= 0.6 is 23.5 Å². The van der Waals surface area contributed by atoms with Crippen LogP contribution in [0.15, 0.2) is 0 Å². The van der Waals surface area contributed by atoms with Crippen molar-refractivity contribution in [2.45, 2.75) is 145 Å². The van der Waals surface area contributed by atoms with Gasteiger partial charge in [0.05, 0.1) is 63.0 Å². The van der Waals surface area contributed by atoms with Crippen molar-refractivity contribution < 1.29 is 124 Å². The van der Waals surface area contributed by atoms with Crippen LogP contribution in [0.5, 0.6) is 11.8 Å². The third-order valence-electron chi connectivity index (χ3n) is 11.9. The van der Waals surface area contributed by atoms with Gasteiger partial charge in [0.2, 0.25) is 11.6 Å². The van der Waals surface area contributed by atoms with Crippen LogP contribution in [-0.2, 0) is 114 Å². The van der Waals surface area contributed by atoms with Gasteiger partial charge in [-0.2, -0.15) is 8.75 Å². The van der Waals surface area contributed by atoms with E-state index in [1.54, 1.807) is 41.5 Å². The van der Waals surface area contributed by atoms with E-state index in [-0.39, 0.29) is 38.1 Å². The van der Waals surface area contributed by atoms with Crippen molar-refractivity contribution >= 4 is 107 Å². The molecule has 4 unspecified atom stereocenters. The first-order valence-electron chi connectivity index (χ1n) is 28.1. The Kier molecular flexibility index (Phi) is 31.4. The van der Waals surface area contributed by atoms with Gasteiger partial charge in [-0.3, -0.25) is 28.8 Å². The molecule has 34 nitrogen and oxygen atoms in total. The smallest absolute Gasteiger partial charge is 0.347 e. The molecule has 0 spiro atoms. The Balaban J connectivity index is 0.000000470. The summed E-state index contributed by atoms with van der Waals surface area (Å²) in [4.78, 5) is 152. The van der Waals surface area contributed by atoms with E-state index in [2.05, 4.69) is 17.5 Å². The molecule has 36 heteroatoms. The lowest BCUT2D eigenvalue weighted by Gasteiger charge is -2.37. The van der Waals surface area contributed by atoms with Gasteiger partial charge < -0.3 is 85.9 Å². The highest BCUT2D eigenvalue weighted by molar-refractivity contribution is 6.99. The van der Waals surface area contributed by atoms with E-state index >= 15 is 0 Å². The molecule has 2 aliphatic heterocycles.